The average Bonchev–Trinajstić information content (AvgIpc) is 2.16. The van der Waals surface area contributed by atoms with Crippen LogP contribution in [0.1, 0.15) is 5.56 Å². The Kier molecular flexibility index (Phi) is 3.98. The van der Waals surface area contributed by atoms with E-state index in [2.05, 4.69) is 0 Å². The van der Waals surface area contributed by atoms with Gasteiger partial charge in [-0.25, -0.2) is 0 Å². The van der Waals surface area contributed by atoms with Gasteiger partial charge in [0, 0.05) is 10.6 Å². The Balaban J connectivity index is 2.54. The van der Waals surface area contributed by atoms with Crippen molar-refractivity contribution in [2.24, 2.45) is 5.73 Å². The summed E-state index contributed by atoms with van der Waals surface area (Å²) in [5, 5.41) is 8.59. The summed E-state index contributed by atoms with van der Waals surface area (Å²) in [6.07, 6.45) is 0. The first-order valence-corrected chi connectivity index (χ1v) is 5.26. The molecule has 4 heteroatoms. The van der Waals surface area contributed by atoms with E-state index in [-0.39, 0.29) is 0 Å². The molecule has 3 nitrogen and oxygen atoms in total. The number of hydrogen-bond donors (Lipinski definition) is 2. The maximum atomic E-state index is 10.5. The molecule has 0 fully saturated rings. The van der Waals surface area contributed by atoms with Gasteiger partial charge in [-0.2, -0.15) is 0 Å². The van der Waals surface area contributed by atoms with Crippen molar-refractivity contribution in [2.45, 2.75) is 17.9 Å². The number of carboxylic acids is 1. The number of rotatable bonds is 4. The van der Waals surface area contributed by atoms with Crippen LogP contribution in [0.25, 0.3) is 0 Å². The SMILES string of the molecule is Cc1ccccc1SC[C@@H](N)C(=O)O. The van der Waals surface area contributed by atoms with Crippen molar-refractivity contribution in [1.82, 2.24) is 0 Å². The second kappa shape index (κ2) is 5.02. The third-order valence-electron chi connectivity index (χ3n) is 1.83. The van der Waals surface area contributed by atoms with E-state index in [0.717, 1.165) is 10.5 Å². The van der Waals surface area contributed by atoms with Crippen LogP contribution in [0.2, 0.25) is 0 Å². The van der Waals surface area contributed by atoms with E-state index in [4.69, 9.17) is 10.8 Å². The molecule has 0 unspecified atom stereocenters. The second-order valence-electron chi connectivity index (χ2n) is 3.02. The maximum absolute atomic E-state index is 10.5. The highest BCUT2D eigenvalue weighted by Gasteiger charge is 2.11. The first kappa shape index (κ1) is 11.1. The molecule has 3 N–H and O–H groups in total. The molecule has 14 heavy (non-hydrogen) atoms. The molecule has 0 radical (unpaired) electrons. The third kappa shape index (κ3) is 3.05. The fourth-order valence-corrected chi connectivity index (χ4v) is 1.94. The first-order valence-electron chi connectivity index (χ1n) is 4.28. The molecule has 0 saturated carbocycles. The normalized spacial score (nSPS) is 12.4. The fraction of sp³-hybridized carbons (Fsp3) is 0.300. The predicted octanol–water partition coefficient (Wildman–Crippen LogP) is 1.50. The lowest BCUT2D eigenvalue weighted by Crippen LogP contribution is -2.32. The minimum atomic E-state index is -0.953. The summed E-state index contributed by atoms with van der Waals surface area (Å²) < 4.78 is 0. The predicted molar refractivity (Wildman–Crippen MR) is 57.5 cm³/mol. The van der Waals surface area contributed by atoms with E-state index in [0.29, 0.717) is 5.75 Å². The van der Waals surface area contributed by atoms with Crippen LogP contribution in [-0.4, -0.2) is 22.9 Å². The lowest BCUT2D eigenvalue weighted by Gasteiger charge is -2.07. The minimum Gasteiger partial charge on any atom is -0.480 e. The van der Waals surface area contributed by atoms with E-state index in [1.54, 1.807) is 0 Å². The van der Waals surface area contributed by atoms with Crippen molar-refractivity contribution in [3.8, 4) is 0 Å². The summed E-state index contributed by atoms with van der Waals surface area (Å²) in [5.74, 6) is -0.550. The maximum Gasteiger partial charge on any atom is 0.321 e. The molecule has 1 aromatic carbocycles. The zero-order valence-corrected chi connectivity index (χ0v) is 8.75. The molecule has 0 saturated heterocycles. The Bertz CT molecular complexity index is 328. The Morgan fingerprint density at radius 2 is 2.21 bits per heavy atom. The third-order valence-corrected chi connectivity index (χ3v) is 3.12. The zero-order chi connectivity index (χ0) is 10.6. The Hall–Kier alpha value is -1.00. The van der Waals surface area contributed by atoms with Crippen LogP contribution in [-0.2, 0) is 4.79 Å². The van der Waals surface area contributed by atoms with Gasteiger partial charge in [0.15, 0.2) is 0 Å². The summed E-state index contributed by atoms with van der Waals surface area (Å²) in [5.41, 5.74) is 6.54. The van der Waals surface area contributed by atoms with E-state index < -0.39 is 12.0 Å². The molecular weight excluding hydrogens is 198 g/mol. The Morgan fingerprint density at radius 3 is 2.79 bits per heavy atom. The largest absolute Gasteiger partial charge is 0.480 e. The van der Waals surface area contributed by atoms with Crippen molar-refractivity contribution >= 4 is 17.7 Å². The average molecular weight is 211 g/mol. The van der Waals surface area contributed by atoms with Gasteiger partial charge in [-0.05, 0) is 18.6 Å². The number of nitrogens with two attached hydrogens (primary N) is 1. The van der Waals surface area contributed by atoms with Gasteiger partial charge in [-0.3, -0.25) is 4.79 Å². The molecule has 0 spiro atoms. The smallest absolute Gasteiger partial charge is 0.321 e. The highest BCUT2D eigenvalue weighted by atomic mass is 32.2. The molecule has 0 heterocycles. The molecular formula is C10H13NO2S. The van der Waals surface area contributed by atoms with Crippen molar-refractivity contribution in [2.75, 3.05) is 5.75 Å². The van der Waals surface area contributed by atoms with E-state index in [1.165, 1.54) is 11.8 Å². The molecule has 1 aromatic rings. The van der Waals surface area contributed by atoms with Crippen LogP contribution < -0.4 is 5.73 Å². The van der Waals surface area contributed by atoms with Crippen LogP contribution in [0.15, 0.2) is 29.2 Å². The van der Waals surface area contributed by atoms with Crippen molar-refractivity contribution < 1.29 is 9.90 Å². The minimum absolute atomic E-state index is 0.403. The molecule has 1 atom stereocenters. The highest BCUT2D eigenvalue weighted by Crippen LogP contribution is 2.21. The van der Waals surface area contributed by atoms with Gasteiger partial charge in [0.2, 0.25) is 0 Å². The highest BCUT2D eigenvalue weighted by molar-refractivity contribution is 7.99. The number of aliphatic carboxylic acids is 1. The van der Waals surface area contributed by atoms with Crippen molar-refractivity contribution in [3.05, 3.63) is 29.8 Å². The molecule has 0 aliphatic carbocycles. The standard InChI is InChI=1S/C10H13NO2S/c1-7-4-2-3-5-9(7)14-6-8(11)10(12)13/h2-5,8H,6,11H2,1H3,(H,12,13)/t8-/m1/s1. The number of carbonyl (C=O) groups is 1. The molecule has 0 bridgehead atoms. The number of carboxylic acid groups (broad SMARTS) is 1. The number of aryl methyl sites for hydroxylation is 1. The first-order chi connectivity index (χ1) is 6.61. The van der Waals surface area contributed by atoms with Gasteiger partial charge in [0.1, 0.15) is 6.04 Å². The molecule has 1 rings (SSSR count). The molecule has 0 aliphatic rings. The lowest BCUT2D eigenvalue weighted by atomic mass is 10.2. The van der Waals surface area contributed by atoms with Crippen molar-refractivity contribution in [1.29, 1.82) is 0 Å². The van der Waals surface area contributed by atoms with Crippen LogP contribution in [0, 0.1) is 6.92 Å². The van der Waals surface area contributed by atoms with Crippen LogP contribution in [0.3, 0.4) is 0 Å². The van der Waals surface area contributed by atoms with Crippen molar-refractivity contribution in [3.63, 3.8) is 0 Å². The summed E-state index contributed by atoms with van der Waals surface area (Å²) >= 11 is 1.48. The Morgan fingerprint density at radius 1 is 1.57 bits per heavy atom. The zero-order valence-electron chi connectivity index (χ0n) is 7.93. The van der Waals surface area contributed by atoms with Gasteiger partial charge in [-0.1, -0.05) is 18.2 Å². The van der Waals surface area contributed by atoms with Gasteiger partial charge < -0.3 is 10.8 Å². The second-order valence-corrected chi connectivity index (χ2v) is 4.08. The molecule has 0 amide bonds. The van der Waals surface area contributed by atoms with Crippen LogP contribution in [0.5, 0.6) is 0 Å². The lowest BCUT2D eigenvalue weighted by molar-refractivity contribution is -0.137. The fourth-order valence-electron chi connectivity index (χ4n) is 0.969. The number of thioether (sulfide) groups is 1. The summed E-state index contributed by atoms with van der Waals surface area (Å²) in [7, 11) is 0. The monoisotopic (exact) mass is 211 g/mol. The van der Waals surface area contributed by atoms with E-state index >= 15 is 0 Å². The van der Waals surface area contributed by atoms with Crippen LogP contribution >= 0.6 is 11.8 Å². The van der Waals surface area contributed by atoms with Gasteiger partial charge >= 0.3 is 5.97 Å². The van der Waals surface area contributed by atoms with Crippen LogP contribution in [0.4, 0.5) is 0 Å². The van der Waals surface area contributed by atoms with E-state index in [9.17, 15) is 4.79 Å². The van der Waals surface area contributed by atoms with Gasteiger partial charge in [0.05, 0.1) is 0 Å². The Labute approximate surface area is 87.3 Å². The van der Waals surface area contributed by atoms with Gasteiger partial charge in [0.25, 0.3) is 0 Å². The molecule has 0 aromatic heterocycles. The summed E-state index contributed by atoms with van der Waals surface area (Å²) in [6, 6.07) is 7.06. The van der Waals surface area contributed by atoms with E-state index in [1.807, 2.05) is 31.2 Å². The molecule has 0 aliphatic heterocycles. The topological polar surface area (TPSA) is 63.3 Å². The van der Waals surface area contributed by atoms with Gasteiger partial charge in [-0.15, -0.1) is 11.8 Å². The quantitative estimate of drug-likeness (QED) is 0.741. The number of benzene rings is 1. The summed E-state index contributed by atoms with van der Waals surface area (Å²) in [6.45, 7) is 1.99. The number of hydrogen-bond acceptors (Lipinski definition) is 3. The molecule has 76 valence electrons. The summed E-state index contributed by atoms with van der Waals surface area (Å²) in [4.78, 5) is 11.6.